The normalized spacial score (nSPS) is 13.4. The van der Waals surface area contributed by atoms with E-state index in [2.05, 4.69) is 9.68 Å². The van der Waals surface area contributed by atoms with Crippen molar-refractivity contribution < 1.29 is 30.9 Å². The Bertz CT molecular complexity index is 304. The lowest BCUT2D eigenvalue weighted by Gasteiger charge is -2.03. The lowest BCUT2D eigenvalue weighted by atomic mass is 10.2. The van der Waals surface area contributed by atoms with Gasteiger partial charge in [-0.2, -0.15) is 26.3 Å². The van der Waals surface area contributed by atoms with E-state index in [9.17, 15) is 26.3 Å². The average Bonchev–Trinajstić information content (AvgIpc) is 2.26. The number of alkyl halides is 6. The molecular weight excluding hydrogens is 216 g/mol. The van der Waals surface area contributed by atoms with Gasteiger partial charge in [-0.15, -0.1) is 0 Å². The molecule has 0 radical (unpaired) electrons. The zero-order chi connectivity index (χ0) is 11.1. The molecule has 0 aromatic carbocycles. The van der Waals surface area contributed by atoms with Gasteiger partial charge in [0.05, 0.1) is 0 Å². The molecule has 0 amide bonds. The second-order valence-electron chi connectivity index (χ2n) is 2.48. The average molecular weight is 219 g/mol. The van der Waals surface area contributed by atoms with Gasteiger partial charge >= 0.3 is 12.4 Å². The molecule has 0 aliphatic heterocycles. The van der Waals surface area contributed by atoms with E-state index in [0.29, 0.717) is 6.92 Å². The minimum atomic E-state index is -4.96. The summed E-state index contributed by atoms with van der Waals surface area (Å²) < 4.78 is 75.3. The molecule has 0 saturated carbocycles. The molecule has 0 atom stereocenters. The highest BCUT2D eigenvalue weighted by Gasteiger charge is 2.45. The van der Waals surface area contributed by atoms with Crippen molar-refractivity contribution in [3.63, 3.8) is 0 Å². The third-order valence-corrected chi connectivity index (χ3v) is 1.45. The van der Waals surface area contributed by atoms with Crippen LogP contribution in [0, 0.1) is 6.92 Å². The van der Waals surface area contributed by atoms with Gasteiger partial charge in [0.15, 0.2) is 5.69 Å². The summed E-state index contributed by atoms with van der Waals surface area (Å²) >= 11 is 0. The van der Waals surface area contributed by atoms with Crippen LogP contribution in [0.25, 0.3) is 0 Å². The van der Waals surface area contributed by atoms with E-state index in [-0.39, 0.29) is 0 Å². The second-order valence-corrected chi connectivity index (χ2v) is 2.48. The Balaban J connectivity index is 3.23. The smallest absolute Gasteiger partial charge is 0.351 e. The minimum absolute atomic E-state index is 0.655. The number of hydrogen-bond donors (Lipinski definition) is 0. The first-order chi connectivity index (χ1) is 6.14. The minimum Gasteiger partial charge on any atom is -0.351 e. The highest BCUT2D eigenvalue weighted by atomic mass is 19.4. The Morgan fingerprint density at radius 2 is 1.50 bits per heavy atom. The number of halogens is 6. The fraction of sp³-hybridized carbons (Fsp3) is 0.500. The van der Waals surface area contributed by atoms with Crippen molar-refractivity contribution in [2.75, 3.05) is 0 Å². The van der Waals surface area contributed by atoms with Gasteiger partial charge in [0.25, 0.3) is 0 Å². The maximum Gasteiger partial charge on any atom is 0.452 e. The first-order valence-electron chi connectivity index (χ1n) is 3.24. The van der Waals surface area contributed by atoms with Crippen LogP contribution >= 0.6 is 0 Å². The largest absolute Gasteiger partial charge is 0.452 e. The molecule has 1 aromatic heterocycles. The first-order valence-corrected chi connectivity index (χ1v) is 3.24. The van der Waals surface area contributed by atoms with Crippen LogP contribution in [-0.4, -0.2) is 5.16 Å². The van der Waals surface area contributed by atoms with Crippen LogP contribution < -0.4 is 0 Å². The van der Waals surface area contributed by atoms with Gasteiger partial charge in [0.2, 0.25) is 5.76 Å². The molecule has 1 heterocycles. The second kappa shape index (κ2) is 2.89. The topological polar surface area (TPSA) is 26.0 Å². The van der Waals surface area contributed by atoms with E-state index < -0.39 is 29.4 Å². The Kier molecular flexibility index (Phi) is 2.24. The molecule has 0 saturated heterocycles. The predicted octanol–water partition coefficient (Wildman–Crippen LogP) is 3.02. The maximum absolute atomic E-state index is 12.0. The fourth-order valence-electron chi connectivity index (χ4n) is 0.864. The molecule has 0 spiro atoms. The third kappa shape index (κ3) is 1.83. The molecule has 80 valence electrons. The lowest BCUT2D eigenvalue weighted by molar-refractivity contribution is -0.156. The van der Waals surface area contributed by atoms with Gasteiger partial charge in [0.1, 0.15) is 0 Å². The molecule has 1 aromatic rings. The van der Waals surface area contributed by atoms with E-state index >= 15 is 0 Å². The molecule has 0 N–H and O–H groups in total. The van der Waals surface area contributed by atoms with E-state index in [1.807, 2.05) is 0 Å². The van der Waals surface area contributed by atoms with Crippen LogP contribution in [0.5, 0.6) is 0 Å². The highest BCUT2D eigenvalue weighted by molar-refractivity contribution is 5.25. The van der Waals surface area contributed by atoms with Gasteiger partial charge in [0, 0.05) is 5.56 Å². The van der Waals surface area contributed by atoms with Crippen molar-refractivity contribution in [3.05, 3.63) is 17.0 Å². The van der Waals surface area contributed by atoms with Crippen molar-refractivity contribution >= 4 is 0 Å². The highest BCUT2D eigenvalue weighted by Crippen LogP contribution is 2.38. The van der Waals surface area contributed by atoms with Gasteiger partial charge in [-0.1, -0.05) is 5.16 Å². The first kappa shape index (κ1) is 10.9. The molecule has 2 nitrogen and oxygen atoms in total. The quantitative estimate of drug-likeness (QED) is 0.627. The monoisotopic (exact) mass is 219 g/mol. The zero-order valence-corrected chi connectivity index (χ0v) is 6.62. The molecule has 0 unspecified atom stereocenters. The SMILES string of the molecule is Cc1c(C(F)(F)F)noc1C(F)(F)F. The Morgan fingerprint density at radius 3 is 1.71 bits per heavy atom. The molecule has 0 fully saturated rings. The number of nitrogens with zero attached hydrogens (tertiary/aromatic N) is 1. The van der Waals surface area contributed by atoms with Crippen LogP contribution in [0.15, 0.2) is 4.52 Å². The number of hydrogen-bond acceptors (Lipinski definition) is 2. The van der Waals surface area contributed by atoms with Gasteiger partial charge in [-0.3, -0.25) is 0 Å². The Labute approximate surface area is 73.5 Å². The molecule has 8 heteroatoms. The van der Waals surface area contributed by atoms with E-state index in [1.165, 1.54) is 0 Å². The summed E-state index contributed by atoms with van der Waals surface area (Å²) in [5.41, 5.74) is -2.70. The summed E-state index contributed by atoms with van der Waals surface area (Å²) in [6.07, 6.45) is -9.89. The Hall–Kier alpha value is -1.21. The summed E-state index contributed by atoms with van der Waals surface area (Å²) in [5.74, 6) is -1.72. The van der Waals surface area contributed by atoms with Crippen molar-refractivity contribution in [1.29, 1.82) is 0 Å². The van der Waals surface area contributed by atoms with Crippen LogP contribution in [0.4, 0.5) is 26.3 Å². The van der Waals surface area contributed by atoms with Gasteiger partial charge < -0.3 is 4.52 Å². The molecule has 1 rings (SSSR count). The molecule has 0 aliphatic rings. The molecular formula is C6H3F6NO. The van der Waals surface area contributed by atoms with Gasteiger partial charge in [-0.25, -0.2) is 0 Å². The van der Waals surface area contributed by atoms with E-state index in [1.54, 1.807) is 0 Å². The zero-order valence-electron chi connectivity index (χ0n) is 6.62. The summed E-state index contributed by atoms with van der Waals surface area (Å²) in [7, 11) is 0. The summed E-state index contributed by atoms with van der Waals surface area (Å²) in [5, 5.41) is 2.33. The van der Waals surface area contributed by atoms with E-state index in [4.69, 9.17) is 0 Å². The molecule has 0 aliphatic carbocycles. The van der Waals surface area contributed by atoms with Crippen LogP contribution in [0.1, 0.15) is 17.0 Å². The van der Waals surface area contributed by atoms with E-state index in [0.717, 1.165) is 0 Å². The maximum atomic E-state index is 12.0. The summed E-state index contributed by atoms with van der Waals surface area (Å²) in [4.78, 5) is 0. The van der Waals surface area contributed by atoms with Crippen LogP contribution in [0.2, 0.25) is 0 Å². The lowest BCUT2D eigenvalue weighted by Crippen LogP contribution is -2.10. The van der Waals surface area contributed by atoms with Crippen molar-refractivity contribution in [3.8, 4) is 0 Å². The van der Waals surface area contributed by atoms with Crippen molar-refractivity contribution in [2.45, 2.75) is 19.3 Å². The number of rotatable bonds is 0. The fourth-order valence-corrected chi connectivity index (χ4v) is 0.864. The molecule has 14 heavy (non-hydrogen) atoms. The Morgan fingerprint density at radius 1 is 1.00 bits per heavy atom. The van der Waals surface area contributed by atoms with Gasteiger partial charge in [-0.05, 0) is 6.92 Å². The standard InChI is InChI=1S/C6H3F6NO/c1-2-3(5(7,8)9)13-14-4(2)6(10,11)12/h1H3. The molecule has 0 bridgehead atoms. The third-order valence-electron chi connectivity index (χ3n) is 1.45. The van der Waals surface area contributed by atoms with Crippen molar-refractivity contribution in [1.82, 2.24) is 5.16 Å². The van der Waals surface area contributed by atoms with Crippen LogP contribution in [-0.2, 0) is 12.4 Å². The number of aromatic nitrogens is 1. The van der Waals surface area contributed by atoms with Crippen molar-refractivity contribution in [2.24, 2.45) is 0 Å². The summed E-state index contributed by atoms with van der Waals surface area (Å²) in [6.45, 7) is 0.655. The summed E-state index contributed by atoms with van der Waals surface area (Å²) in [6, 6.07) is 0. The van der Waals surface area contributed by atoms with Crippen LogP contribution in [0.3, 0.4) is 0 Å². The predicted molar refractivity (Wildman–Crippen MR) is 31.2 cm³/mol.